The van der Waals surface area contributed by atoms with Crippen molar-refractivity contribution in [2.75, 3.05) is 19.1 Å². The second-order valence-electron chi connectivity index (χ2n) is 20.3. The molecule has 0 saturated heterocycles. The summed E-state index contributed by atoms with van der Waals surface area (Å²) < 4.78 is 11.2. The molecule has 4 aromatic carbocycles. The summed E-state index contributed by atoms with van der Waals surface area (Å²) in [5.41, 5.74) is 12.5. The maximum absolute atomic E-state index is 12.1. The van der Waals surface area contributed by atoms with E-state index < -0.39 is 5.97 Å². The molecule has 2 aliphatic carbocycles. The van der Waals surface area contributed by atoms with Crippen molar-refractivity contribution in [1.82, 2.24) is 0 Å². The number of methoxy groups -OCH3 is 2. The number of rotatable bonds is 28. The number of nitrogens with zero attached hydrogens (tertiary/aromatic N) is 2. The van der Waals surface area contributed by atoms with Gasteiger partial charge in [0.05, 0.1) is 14.2 Å². The van der Waals surface area contributed by atoms with Crippen molar-refractivity contribution in [3.63, 3.8) is 0 Å². The van der Waals surface area contributed by atoms with Crippen LogP contribution in [-0.4, -0.2) is 25.3 Å². The molecule has 0 amide bonds. The monoisotopic (exact) mass is 1000 g/mol. The van der Waals surface area contributed by atoms with E-state index >= 15 is 0 Å². The molecule has 6 nitrogen and oxygen atoms in total. The normalized spacial score (nSPS) is 13.8. The lowest BCUT2D eigenvalue weighted by Gasteiger charge is -2.34. The average molecular weight is 1000 g/mol. The van der Waals surface area contributed by atoms with E-state index in [2.05, 4.69) is 105 Å². The first-order valence-electron chi connectivity index (χ1n) is 27.2. The van der Waals surface area contributed by atoms with Gasteiger partial charge in [0.15, 0.2) is 0 Å². The van der Waals surface area contributed by atoms with Gasteiger partial charge in [0.1, 0.15) is 23.1 Å². The second kappa shape index (κ2) is 24.4. The van der Waals surface area contributed by atoms with Gasteiger partial charge in [-0.25, -0.2) is 4.79 Å². The van der Waals surface area contributed by atoms with Gasteiger partial charge < -0.3 is 19.5 Å². The molecule has 72 heavy (non-hydrogen) atoms. The summed E-state index contributed by atoms with van der Waals surface area (Å²) in [6.45, 7) is 9.18. The molecule has 6 aromatic rings. The number of unbranched alkanes of at least 4 members (excludes halogenated alkanes) is 12. The third-order valence-electron chi connectivity index (χ3n) is 15.7. The zero-order chi connectivity index (χ0) is 50.7. The lowest BCUT2D eigenvalue weighted by atomic mass is 9.70. The van der Waals surface area contributed by atoms with Gasteiger partial charge in [0, 0.05) is 47.4 Å². The molecule has 378 valence electrons. The van der Waals surface area contributed by atoms with Crippen LogP contribution in [0.15, 0.2) is 103 Å². The Labute approximate surface area is 438 Å². The number of benzene rings is 4. The minimum Gasteiger partial charge on any atom is -0.497 e. The molecule has 2 aliphatic rings. The number of anilines is 3. The SMILES string of the molecule is CCCCCCC1(CCCCCC)c2cc(-c3cc4c(s3)-c3sc(/C=C(/C#N)C(=O)O)cc3C4(CCCCCC)CCCCCC)ccc2-c2ccc(N(c3ccc(OC)cc3)c3ccc(OC)cc3)cc21. The van der Waals surface area contributed by atoms with Gasteiger partial charge in [-0.1, -0.05) is 149 Å². The lowest BCUT2D eigenvalue weighted by Crippen LogP contribution is -2.26. The zero-order valence-corrected chi connectivity index (χ0v) is 45.5. The van der Waals surface area contributed by atoms with E-state index in [1.54, 1.807) is 31.6 Å². The number of carboxylic acid groups (broad SMARTS) is 1. The number of thiophene rings is 2. The fourth-order valence-corrected chi connectivity index (χ4v) is 14.5. The molecule has 0 atom stereocenters. The van der Waals surface area contributed by atoms with Crippen LogP contribution in [0.3, 0.4) is 0 Å². The minimum atomic E-state index is -1.18. The first kappa shape index (κ1) is 52.7. The van der Waals surface area contributed by atoms with E-state index in [1.807, 2.05) is 41.7 Å². The van der Waals surface area contributed by atoms with E-state index in [4.69, 9.17) is 9.47 Å². The fourth-order valence-electron chi connectivity index (χ4n) is 11.9. The quantitative estimate of drug-likeness (QED) is 0.0300. The van der Waals surface area contributed by atoms with Gasteiger partial charge in [-0.05, 0) is 150 Å². The molecule has 0 bridgehead atoms. The molecule has 2 aromatic heterocycles. The summed E-state index contributed by atoms with van der Waals surface area (Å²) in [6.07, 6.45) is 25.2. The highest BCUT2D eigenvalue weighted by atomic mass is 32.1. The van der Waals surface area contributed by atoms with E-state index in [9.17, 15) is 15.2 Å². The lowest BCUT2D eigenvalue weighted by molar-refractivity contribution is -0.132. The summed E-state index contributed by atoms with van der Waals surface area (Å²) >= 11 is 3.59. The van der Waals surface area contributed by atoms with Gasteiger partial charge in [-0.15, -0.1) is 22.7 Å². The number of nitriles is 1. The zero-order valence-electron chi connectivity index (χ0n) is 43.8. The number of hydrogen-bond donors (Lipinski definition) is 1. The molecule has 8 heteroatoms. The predicted molar refractivity (Wildman–Crippen MR) is 304 cm³/mol. The molecule has 0 radical (unpaired) electrons. The van der Waals surface area contributed by atoms with Crippen LogP contribution >= 0.6 is 22.7 Å². The van der Waals surface area contributed by atoms with Crippen molar-refractivity contribution in [1.29, 1.82) is 5.26 Å². The van der Waals surface area contributed by atoms with Crippen LogP contribution in [-0.2, 0) is 15.6 Å². The second-order valence-corrected chi connectivity index (χ2v) is 22.5. The molecule has 8 rings (SSSR count). The van der Waals surface area contributed by atoms with Crippen molar-refractivity contribution in [2.24, 2.45) is 0 Å². The highest BCUT2D eigenvalue weighted by Gasteiger charge is 2.46. The van der Waals surface area contributed by atoms with Gasteiger partial charge in [-0.3, -0.25) is 0 Å². The van der Waals surface area contributed by atoms with Crippen LogP contribution in [0.2, 0.25) is 0 Å². The third kappa shape index (κ3) is 10.9. The maximum atomic E-state index is 12.1. The molecule has 1 N–H and O–H groups in total. The number of aliphatic carboxylic acids is 1. The summed E-state index contributed by atoms with van der Waals surface area (Å²) in [6, 6.07) is 38.2. The summed E-state index contributed by atoms with van der Waals surface area (Å²) in [7, 11) is 3.44. The Morgan fingerprint density at radius 2 is 1.00 bits per heavy atom. The summed E-state index contributed by atoms with van der Waals surface area (Å²) in [4.78, 5) is 19.2. The van der Waals surface area contributed by atoms with Crippen LogP contribution in [0.25, 0.3) is 37.4 Å². The number of carboxylic acids is 1. The molecule has 0 saturated carbocycles. The maximum Gasteiger partial charge on any atom is 0.346 e. The van der Waals surface area contributed by atoms with Crippen molar-refractivity contribution in [2.45, 2.75) is 167 Å². The number of hydrogen-bond acceptors (Lipinski definition) is 7. The fraction of sp³-hybridized carbons (Fsp3) is 0.438. The largest absolute Gasteiger partial charge is 0.497 e. The number of fused-ring (bicyclic) bond motifs is 6. The van der Waals surface area contributed by atoms with Crippen LogP contribution in [0, 0.1) is 11.3 Å². The van der Waals surface area contributed by atoms with Gasteiger partial charge in [0.25, 0.3) is 0 Å². The van der Waals surface area contributed by atoms with E-state index in [0.29, 0.717) is 0 Å². The number of carbonyl (C=O) groups is 1. The third-order valence-corrected chi connectivity index (χ3v) is 18.2. The van der Waals surface area contributed by atoms with Gasteiger partial charge >= 0.3 is 5.97 Å². The highest BCUT2D eigenvalue weighted by Crippen LogP contribution is 2.62. The van der Waals surface area contributed by atoms with Crippen molar-refractivity contribution in [3.8, 4) is 48.9 Å². The average Bonchev–Trinajstić information content (AvgIpc) is 4.15. The molecule has 0 spiro atoms. The van der Waals surface area contributed by atoms with Gasteiger partial charge in [-0.2, -0.15) is 5.26 Å². The van der Waals surface area contributed by atoms with Crippen LogP contribution in [0.5, 0.6) is 11.5 Å². The van der Waals surface area contributed by atoms with Crippen LogP contribution in [0.4, 0.5) is 17.1 Å². The molecule has 2 heterocycles. The molecule has 0 unspecified atom stereocenters. The Kier molecular flexibility index (Phi) is 17.9. The standard InChI is InChI=1S/C64H76N2O4S2/c1-7-11-15-19-35-63(36-20-16-12-8-2)55-40-45(23-33-53(55)54-34-28-49(41-56(54)63)66(47-24-29-50(69-5)30-25-47)48-26-31-51(70-6)32-27-48)59-43-58-61(72-59)60-57(42-52(71-60)39-46(44-65)62(67)68)64(58,37-21-17-13-9-3)38-22-18-14-10-4/h23-34,39-43H,7-22,35-38H2,1-6H3,(H,67,68)/b46-39-. The Morgan fingerprint density at radius 1 is 0.556 bits per heavy atom. The predicted octanol–water partition coefficient (Wildman–Crippen LogP) is 19.4. The van der Waals surface area contributed by atoms with Crippen molar-refractivity contribution >= 4 is 51.8 Å². The molecular weight excluding hydrogens is 925 g/mol. The van der Waals surface area contributed by atoms with Crippen LogP contribution in [0.1, 0.15) is 183 Å². The van der Waals surface area contributed by atoms with E-state index in [1.165, 1.54) is 143 Å². The van der Waals surface area contributed by atoms with Crippen LogP contribution < -0.4 is 14.4 Å². The molecule has 0 fully saturated rings. The summed E-state index contributed by atoms with van der Waals surface area (Å²) in [5.74, 6) is 0.481. The summed E-state index contributed by atoms with van der Waals surface area (Å²) in [5, 5.41) is 19.7. The molecule has 0 aliphatic heterocycles. The van der Waals surface area contributed by atoms with E-state index in [0.717, 1.165) is 72.0 Å². The number of ether oxygens (including phenoxy) is 2. The Balaban J connectivity index is 1.28. The Hall–Kier alpha value is -5.62. The van der Waals surface area contributed by atoms with Gasteiger partial charge in [0.2, 0.25) is 0 Å². The van der Waals surface area contributed by atoms with E-state index in [-0.39, 0.29) is 16.4 Å². The Bertz CT molecular complexity index is 2770. The first-order valence-corrected chi connectivity index (χ1v) is 28.8. The minimum absolute atomic E-state index is 0.148. The topological polar surface area (TPSA) is 82.8 Å². The molecular formula is C64H76N2O4S2. The van der Waals surface area contributed by atoms with Crippen molar-refractivity contribution < 1.29 is 19.4 Å². The van der Waals surface area contributed by atoms with Crippen molar-refractivity contribution in [3.05, 3.63) is 130 Å². The Morgan fingerprint density at radius 3 is 1.47 bits per heavy atom. The smallest absolute Gasteiger partial charge is 0.346 e. The first-order chi connectivity index (χ1) is 35.2. The highest BCUT2D eigenvalue weighted by molar-refractivity contribution is 7.24.